The van der Waals surface area contributed by atoms with Crippen LogP contribution in [0, 0.1) is 0 Å². The van der Waals surface area contributed by atoms with Crippen molar-refractivity contribution >= 4 is 11.3 Å². The molecule has 1 aromatic carbocycles. The van der Waals surface area contributed by atoms with Crippen molar-refractivity contribution in [2.24, 2.45) is 4.99 Å². The van der Waals surface area contributed by atoms with Crippen LogP contribution in [0.4, 0.5) is 5.69 Å². The van der Waals surface area contributed by atoms with Gasteiger partial charge >= 0.3 is 0 Å². The van der Waals surface area contributed by atoms with Crippen molar-refractivity contribution < 1.29 is 0 Å². The van der Waals surface area contributed by atoms with Crippen LogP contribution < -0.4 is 5.49 Å². The third-order valence-electron chi connectivity index (χ3n) is 2.68. The maximum absolute atomic E-state index is 4.61. The molecule has 0 N–H and O–H groups in total. The first-order valence-electron chi connectivity index (χ1n) is 5.75. The molecule has 0 spiro atoms. The van der Waals surface area contributed by atoms with E-state index in [1.807, 2.05) is 47.3 Å². The molecule has 0 atom stereocenters. The van der Waals surface area contributed by atoms with Crippen molar-refractivity contribution in [3.05, 3.63) is 48.2 Å². The number of aromatic nitrogens is 5. The molecule has 2 aromatic heterocycles. The lowest BCUT2D eigenvalue weighted by Gasteiger charge is -2.03. The number of nitrogens with zero attached hydrogens (tertiary/aromatic N) is 6. The first kappa shape index (κ1) is 10.6. The molecular formula is C12H12N6. The van der Waals surface area contributed by atoms with Crippen LogP contribution in [0.2, 0.25) is 0 Å². The fourth-order valence-electron chi connectivity index (χ4n) is 1.78. The summed E-state index contributed by atoms with van der Waals surface area (Å²) in [6.07, 6.45) is 3.74. The van der Waals surface area contributed by atoms with E-state index in [-0.39, 0.29) is 0 Å². The van der Waals surface area contributed by atoms with Gasteiger partial charge in [0.2, 0.25) is 5.65 Å². The Morgan fingerprint density at radius 3 is 2.78 bits per heavy atom. The normalized spacial score (nSPS) is 12.2. The summed E-state index contributed by atoms with van der Waals surface area (Å²) in [7, 11) is 0. The van der Waals surface area contributed by atoms with Gasteiger partial charge in [-0.3, -0.25) is 0 Å². The van der Waals surface area contributed by atoms with Gasteiger partial charge in [-0.15, -0.1) is 5.10 Å². The Labute approximate surface area is 103 Å². The molecule has 0 aliphatic heterocycles. The van der Waals surface area contributed by atoms with Gasteiger partial charge < -0.3 is 4.57 Å². The van der Waals surface area contributed by atoms with Crippen LogP contribution in [-0.4, -0.2) is 24.6 Å². The Bertz CT molecular complexity index is 725. The van der Waals surface area contributed by atoms with Gasteiger partial charge in [0, 0.05) is 18.9 Å². The number of fused-ring (bicyclic) bond motifs is 1. The lowest BCUT2D eigenvalue weighted by atomic mass is 10.3. The van der Waals surface area contributed by atoms with Gasteiger partial charge in [-0.1, -0.05) is 18.2 Å². The molecule has 0 aliphatic carbocycles. The summed E-state index contributed by atoms with van der Waals surface area (Å²) in [6.45, 7) is 2.87. The van der Waals surface area contributed by atoms with E-state index in [0.717, 1.165) is 17.7 Å². The van der Waals surface area contributed by atoms with E-state index in [1.165, 1.54) is 0 Å². The van der Waals surface area contributed by atoms with E-state index in [9.17, 15) is 0 Å². The summed E-state index contributed by atoms with van der Waals surface area (Å²) < 4.78 is 3.63. The maximum Gasteiger partial charge on any atom is 0.222 e. The van der Waals surface area contributed by atoms with Crippen LogP contribution in [0.1, 0.15) is 6.92 Å². The van der Waals surface area contributed by atoms with E-state index >= 15 is 0 Å². The summed E-state index contributed by atoms with van der Waals surface area (Å²) in [4.78, 5) is 4.61. The smallest absolute Gasteiger partial charge is 0.222 e. The van der Waals surface area contributed by atoms with Gasteiger partial charge in [-0.05, 0) is 29.5 Å². The maximum atomic E-state index is 4.61. The molecule has 0 radical (unpaired) electrons. The Balaban J connectivity index is 2.32. The second-order valence-corrected chi connectivity index (χ2v) is 3.80. The Morgan fingerprint density at radius 1 is 1.17 bits per heavy atom. The average molecular weight is 240 g/mol. The SMILES string of the molecule is CCn1ccn2nnnc2c1=Nc1ccccc1. The molecule has 0 saturated carbocycles. The highest BCUT2D eigenvalue weighted by Crippen LogP contribution is 2.08. The van der Waals surface area contributed by atoms with E-state index < -0.39 is 0 Å². The minimum atomic E-state index is 0.656. The number of hydrogen-bond acceptors (Lipinski definition) is 4. The van der Waals surface area contributed by atoms with Crippen molar-refractivity contribution in [1.29, 1.82) is 0 Å². The van der Waals surface area contributed by atoms with E-state index in [2.05, 4.69) is 27.4 Å². The van der Waals surface area contributed by atoms with Crippen LogP contribution in [-0.2, 0) is 6.54 Å². The molecule has 3 aromatic rings. The largest absolute Gasteiger partial charge is 0.329 e. The van der Waals surface area contributed by atoms with Crippen molar-refractivity contribution in [3.63, 3.8) is 0 Å². The fourth-order valence-corrected chi connectivity index (χ4v) is 1.78. The predicted octanol–water partition coefficient (Wildman–Crippen LogP) is 1.18. The van der Waals surface area contributed by atoms with E-state index in [0.29, 0.717) is 5.65 Å². The van der Waals surface area contributed by atoms with Crippen LogP contribution in [0.25, 0.3) is 5.65 Å². The third kappa shape index (κ3) is 1.77. The molecule has 2 heterocycles. The summed E-state index contributed by atoms with van der Waals surface area (Å²) in [5, 5.41) is 11.6. The quantitative estimate of drug-likeness (QED) is 0.675. The van der Waals surface area contributed by atoms with Crippen molar-refractivity contribution in [3.8, 4) is 0 Å². The van der Waals surface area contributed by atoms with Crippen molar-refractivity contribution in [1.82, 2.24) is 24.6 Å². The van der Waals surface area contributed by atoms with Crippen LogP contribution in [0.3, 0.4) is 0 Å². The second kappa shape index (κ2) is 4.40. The number of para-hydroxylation sites is 1. The third-order valence-corrected chi connectivity index (χ3v) is 2.68. The van der Waals surface area contributed by atoms with Gasteiger partial charge in [0.25, 0.3) is 0 Å². The molecular weight excluding hydrogens is 228 g/mol. The van der Waals surface area contributed by atoms with Gasteiger partial charge in [0.15, 0.2) is 5.49 Å². The number of benzene rings is 1. The van der Waals surface area contributed by atoms with Gasteiger partial charge in [-0.2, -0.15) is 4.52 Å². The van der Waals surface area contributed by atoms with E-state index in [4.69, 9.17) is 0 Å². The molecule has 90 valence electrons. The van der Waals surface area contributed by atoms with Crippen molar-refractivity contribution in [2.45, 2.75) is 13.5 Å². The number of hydrogen-bond donors (Lipinski definition) is 0. The lowest BCUT2D eigenvalue weighted by Crippen LogP contribution is -2.22. The van der Waals surface area contributed by atoms with Gasteiger partial charge in [0.05, 0.1) is 5.69 Å². The topological polar surface area (TPSA) is 60.4 Å². The molecule has 0 amide bonds. The highest BCUT2D eigenvalue weighted by molar-refractivity contribution is 5.39. The molecule has 0 fully saturated rings. The monoisotopic (exact) mass is 240 g/mol. The molecule has 0 saturated heterocycles. The molecule has 3 rings (SSSR count). The fraction of sp³-hybridized carbons (Fsp3) is 0.167. The van der Waals surface area contributed by atoms with Gasteiger partial charge in [0.1, 0.15) is 0 Å². The van der Waals surface area contributed by atoms with E-state index in [1.54, 1.807) is 4.52 Å². The second-order valence-electron chi connectivity index (χ2n) is 3.80. The zero-order valence-corrected chi connectivity index (χ0v) is 9.93. The highest BCUT2D eigenvalue weighted by Gasteiger charge is 2.03. The Hall–Kier alpha value is -2.50. The summed E-state index contributed by atoms with van der Waals surface area (Å²) in [5.74, 6) is 0. The first-order valence-corrected chi connectivity index (χ1v) is 5.75. The summed E-state index contributed by atoms with van der Waals surface area (Å²) >= 11 is 0. The van der Waals surface area contributed by atoms with Crippen LogP contribution in [0.15, 0.2) is 47.7 Å². The van der Waals surface area contributed by atoms with Crippen LogP contribution >= 0.6 is 0 Å². The minimum Gasteiger partial charge on any atom is -0.329 e. The zero-order chi connectivity index (χ0) is 12.4. The Morgan fingerprint density at radius 2 is 2.00 bits per heavy atom. The number of tetrazole rings is 1. The van der Waals surface area contributed by atoms with Crippen molar-refractivity contribution in [2.75, 3.05) is 0 Å². The first-order chi connectivity index (χ1) is 8.88. The average Bonchev–Trinajstić information content (AvgIpc) is 2.89. The molecule has 6 heteroatoms. The van der Waals surface area contributed by atoms with Gasteiger partial charge in [-0.25, -0.2) is 4.99 Å². The van der Waals surface area contributed by atoms with Crippen LogP contribution in [0.5, 0.6) is 0 Å². The lowest BCUT2D eigenvalue weighted by molar-refractivity contribution is 0.697. The minimum absolute atomic E-state index is 0.656. The number of aryl methyl sites for hydroxylation is 1. The highest BCUT2D eigenvalue weighted by atomic mass is 15.5. The molecule has 18 heavy (non-hydrogen) atoms. The molecule has 0 bridgehead atoms. The zero-order valence-electron chi connectivity index (χ0n) is 9.93. The number of rotatable bonds is 2. The summed E-state index contributed by atoms with van der Waals surface area (Å²) in [6, 6.07) is 9.78. The molecule has 6 nitrogen and oxygen atoms in total. The Kier molecular flexibility index (Phi) is 2.60. The molecule has 0 unspecified atom stereocenters. The standard InChI is InChI=1S/C12H12N6/c1-2-17-8-9-18-12(14-15-16-18)11(17)13-10-6-4-3-5-7-10/h3-9H,2H2,1H3. The predicted molar refractivity (Wildman–Crippen MR) is 66.1 cm³/mol. The molecule has 0 aliphatic rings. The summed E-state index contributed by atoms with van der Waals surface area (Å²) in [5.41, 5.74) is 2.30.